The Labute approximate surface area is 172 Å². The van der Waals surface area contributed by atoms with Gasteiger partial charge in [-0.15, -0.1) is 0 Å². The van der Waals surface area contributed by atoms with Gasteiger partial charge in [-0.05, 0) is 49.7 Å². The Morgan fingerprint density at radius 3 is 2.54 bits per heavy atom. The van der Waals surface area contributed by atoms with Crippen molar-refractivity contribution < 1.29 is 19.0 Å². The number of methoxy groups -OCH3 is 2. The molecular formula is C21H30N2O4S. The molecule has 1 heterocycles. The summed E-state index contributed by atoms with van der Waals surface area (Å²) < 4.78 is 16.8. The van der Waals surface area contributed by atoms with E-state index in [0.29, 0.717) is 27.9 Å². The van der Waals surface area contributed by atoms with Crippen LogP contribution < -0.4 is 20.1 Å². The topological polar surface area (TPSA) is 68.8 Å². The van der Waals surface area contributed by atoms with E-state index in [0.717, 1.165) is 18.4 Å². The normalized spacial score (nSPS) is 17.7. The number of ether oxygens (including phenoxy) is 3. The summed E-state index contributed by atoms with van der Waals surface area (Å²) in [6, 6.07) is 4.97. The number of thiocarbonyl (C=S) groups is 1. The molecule has 0 amide bonds. The van der Waals surface area contributed by atoms with Gasteiger partial charge in [0, 0.05) is 11.3 Å². The Morgan fingerprint density at radius 1 is 1.25 bits per heavy atom. The average molecular weight is 407 g/mol. The lowest BCUT2D eigenvalue weighted by molar-refractivity contribution is -0.147. The molecule has 2 unspecified atom stereocenters. The highest BCUT2D eigenvalue weighted by Crippen LogP contribution is 2.36. The number of carbonyl (C=O) groups excluding carboxylic acids is 1. The van der Waals surface area contributed by atoms with E-state index in [9.17, 15) is 4.79 Å². The number of nitrogens with one attached hydrogen (secondary N) is 2. The average Bonchev–Trinajstić information content (AvgIpc) is 2.66. The van der Waals surface area contributed by atoms with Crippen LogP contribution in [0.25, 0.3) is 0 Å². The molecule has 0 fully saturated rings. The van der Waals surface area contributed by atoms with E-state index in [4.69, 9.17) is 26.4 Å². The summed E-state index contributed by atoms with van der Waals surface area (Å²) in [5, 5.41) is 6.66. The number of hydrogen-bond acceptors (Lipinski definition) is 5. The monoisotopic (exact) mass is 406 g/mol. The van der Waals surface area contributed by atoms with Crippen molar-refractivity contribution >= 4 is 23.3 Å². The summed E-state index contributed by atoms with van der Waals surface area (Å²) in [5.41, 5.74) is 1.91. The molecule has 1 aromatic carbocycles. The van der Waals surface area contributed by atoms with Gasteiger partial charge >= 0.3 is 5.97 Å². The summed E-state index contributed by atoms with van der Waals surface area (Å²) in [4.78, 5) is 13.2. The van der Waals surface area contributed by atoms with Crippen LogP contribution in [0.2, 0.25) is 0 Å². The molecule has 28 heavy (non-hydrogen) atoms. The Morgan fingerprint density at radius 2 is 1.96 bits per heavy atom. The minimum absolute atomic E-state index is 0.139. The number of allylic oxidation sites excluding steroid dienone is 1. The van der Waals surface area contributed by atoms with Crippen molar-refractivity contribution in [2.45, 2.75) is 52.7 Å². The molecule has 1 aromatic rings. The number of esters is 1. The summed E-state index contributed by atoms with van der Waals surface area (Å²) in [5.74, 6) is 1.18. The smallest absolute Gasteiger partial charge is 0.338 e. The van der Waals surface area contributed by atoms with E-state index >= 15 is 0 Å². The Kier molecular flexibility index (Phi) is 7.69. The van der Waals surface area contributed by atoms with E-state index in [1.54, 1.807) is 14.2 Å². The maximum absolute atomic E-state index is 13.2. The van der Waals surface area contributed by atoms with E-state index in [1.807, 2.05) is 25.1 Å². The first-order valence-corrected chi connectivity index (χ1v) is 9.94. The molecule has 1 aliphatic rings. The van der Waals surface area contributed by atoms with Crippen molar-refractivity contribution in [1.82, 2.24) is 10.6 Å². The molecule has 2 rings (SSSR count). The van der Waals surface area contributed by atoms with Crippen LogP contribution in [0.15, 0.2) is 29.5 Å². The number of carbonyl (C=O) groups is 1. The second-order valence-electron chi connectivity index (χ2n) is 7.15. The van der Waals surface area contributed by atoms with Gasteiger partial charge in [0.15, 0.2) is 5.11 Å². The second kappa shape index (κ2) is 9.78. The summed E-state index contributed by atoms with van der Waals surface area (Å²) in [7, 11) is 3.19. The zero-order valence-electron chi connectivity index (χ0n) is 17.4. The van der Waals surface area contributed by atoms with Crippen molar-refractivity contribution in [3.05, 3.63) is 35.0 Å². The molecule has 0 bridgehead atoms. The van der Waals surface area contributed by atoms with Crippen molar-refractivity contribution in [1.29, 1.82) is 0 Å². The van der Waals surface area contributed by atoms with Crippen LogP contribution in [0.3, 0.4) is 0 Å². The highest BCUT2D eigenvalue weighted by molar-refractivity contribution is 7.80. The molecule has 0 radical (unpaired) electrons. The second-order valence-corrected chi connectivity index (χ2v) is 7.56. The predicted molar refractivity (Wildman–Crippen MR) is 113 cm³/mol. The molecule has 2 atom stereocenters. The fourth-order valence-electron chi connectivity index (χ4n) is 3.28. The predicted octanol–water partition coefficient (Wildman–Crippen LogP) is 3.86. The van der Waals surface area contributed by atoms with Crippen LogP contribution in [0.5, 0.6) is 11.5 Å². The highest BCUT2D eigenvalue weighted by atomic mass is 32.1. The van der Waals surface area contributed by atoms with Crippen LogP contribution in [0.1, 0.15) is 52.1 Å². The lowest BCUT2D eigenvalue weighted by atomic mass is 9.94. The molecule has 0 saturated carbocycles. The third-order valence-corrected chi connectivity index (χ3v) is 5.03. The molecule has 154 valence electrons. The van der Waals surface area contributed by atoms with Crippen LogP contribution in [-0.4, -0.2) is 31.4 Å². The van der Waals surface area contributed by atoms with Gasteiger partial charge in [-0.2, -0.15) is 0 Å². The fourth-order valence-corrected chi connectivity index (χ4v) is 3.55. The molecular weight excluding hydrogens is 376 g/mol. The first kappa shape index (κ1) is 22.0. The molecule has 2 N–H and O–H groups in total. The minimum Gasteiger partial charge on any atom is -0.497 e. The van der Waals surface area contributed by atoms with Gasteiger partial charge in [0.2, 0.25) is 0 Å². The first-order valence-electron chi connectivity index (χ1n) is 9.53. The van der Waals surface area contributed by atoms with Crippen molar-refractivity contribution in [3.63, 3.8) is 0 Å². The lowest BCUT2D eigenvalue weighted by Gasteiger charge is -2.32. The van der Waals surface area contributed by atoms with Gasteiger partial charge in [0.25, 0.3) is 0 Å². The molecule has 1 aliphatic heterocycles. The van der Waals surface area contributed by atoms with Crippen molar-refractivity contribution in [2.24, 2.45) is 5.92 Å². The van der Waals surface area contributed by atoms with Crippen LogP contribution >= 0.6 is 12.2 Å². The summed E-state index contributed by atoms with van der Waals surface area (Å²) in [6.45, 7) is 8.03. The van der Waals surface area contributed by atoms with Crippen LogP contribution in [0.4, 0.5) is 0 Å². The third kappa shape index (κ3) is 4.95. The van der Waals surface area contributed by atoms with E-state index in [1.165, 1.54) is 0 Å². The highest BCUT2D eigenvalue weighted by Gasteiger charge is 2.34. The molecule has 0 aliphatic carbocycles. The Balaban J connectivity index is 2.46. The quantitative estimate of drug-likeness (QED) is 0.502. The van der Waals surface area contributed by atoms with Gasteiger partial charge in [0.1, 0.15) is 17.6 Å². The van der Waals surface area contributed by atoms with Crippen molar-refractivity contribution in [2.75, 3.05) is 14.2 Å². The largest absolute Gasteiger partial charge is 0.497 e. The number of hydrogen-bond donors (Lipinski definition) is 2. The summed E-state index contributed by atoms with van der Waals surface area (Å²) >= 11 is 5.33. The van der Waals surface area contributed by atoms with Crippen molar-refractivity contribution in [3.8, 4) is 11.5 Å². The lowest BCUT2D eigenvalue weighted by Crippen LogP contribution is -2.45. The van der Waals surface area contributed by atoms with Crippen LogP contribution in [0, 0.1) is 5.92 Å². The van der Waals surface area contributed by atoms with E-state index in [-0.39, 0.29) is 18.0 Å². The first-order chi connectivity index (χ1) is 13.3. The maximum atomic E-state index is 13.2. The van der Waals surface area contributed by atoms with E-state index < -0.39 is 6.04 Å². The van der Waals surface area contributed by atoms with E-state index in [2.05, 4.69) is 31.4 Å². The zero-order valence-corrected chi connectivity index (χ0v) is 18.2. The van der Waals surface area contributed by atoms with Gasteiger partial charge in [-0.25, -0.2) is 4.79 Å². The standard InChI is InChI=1S/C21H30N2O4S/c1-7-8-16(12(2)3)27-20(24)18-13(4)22-21(28)23-19(18)15-11-14(25-5)9-10-17(15)26-6/h9-12,16,19H,7-8H2,1-6H3,(H2,22,23,28). The zero-order chi connectivity index (χ0) is 20.8. The molecule has 7 heteroatoms. The Bertz CT molecular complexity index is 761. The molecule has 6 nitrogen and oxygen atoms in total. The minimum atomic E-state index is -0.499. The van der Waals surface area contributed by atoms with Gasteiger partial charge in [-0.3, -0.25) is 0 Å². The van der Waals surface area contributed by atoms with Gasteiger partial charge in [0.05, 0.1) is 25.8 Å². The van der Waals surface area contributed by atoms with Gasteiger partial charge < -0.3 is 24.8 Å². The molecule has 0 aromatic heterocycles. The maximum Gasteiger partial charge on any atom is 0.338 e. The molecule has 0 saturated heterocycles. The molecule has 0 spiro atoms. The Hall–Kier alpha value is -2.28. The third-order valence-electron chi connectivity index (χ3n) is 4.81. The van der Waals surface area contributed by atoms with Crippen LogP contribution in [-0.2, 0) is 9.53 Å². The number of rotatable bonds is 8. The fraction of sp³-hybridized carbons (Fsp3) is 0.524. The number of benzene rings is 1. The SMILES string of the molecule is CCCC(OC(=O)C1=C(C)NC(=S)NC1c1cc(OC)ccc1OC)C(C)C. The summed E-state index contributed by atoms with van der Waals surface area (Å²) in [6.07, 6.45) is 1.63. The van der Waals surface area contributed by atoms with Gasteiger partial charge in [-0.1, -0.05) is 27.2 Å².